The number of benzene rings is 2. The van der Waals surface area contributed by atoms with Gasteiger partial charge in [0.15, 0.2) is 17.2 Å². The van der Waals surface area contributed by atoms with Crippen LogP contribution in [0.1, 0.15) is 99.8 Å². The Bertz CT molecular complexity index is 2000. The molecule has 2 aliphatic carbocycles. The van der Waals surface area contributed by atoms with Gasteiger partial charge in [0.2, 0.25) is 0 Å². The standard InChI is InChI=1S/C49H60N4O5/c1-5-9-42(45(55)27-39-24-38(30-53-39)31(2)16-18-51-3)37-22-33(20-32-17-19-52-49(50)23-32)21-35-13-15-41(34-10-7-6-8-11-34)43-29-47(57)48(58-4)26-36(43)12-14-40(54)28-46(56)44(35)25-37/h6-8,10-11,17,19,23-24,26,29-31,33,35,37,41-42,44-45,51,55H,5,9,12,14,16,18,20-22,25,27-28H2,1-4H3,(H2-,50,52,57)/p+1/t31-,33-,35-,37+,41-,42+,44-,45-/m1/s1. The van der Waals surface area contributed by atoms with Crippen LogP contribution in [0.5, 0.6) is 11.5 Å². The molecule has 8 atom stereocenters. The van der Waals surface area contributed by atoms with Crippen molar-refractivity contribution in [2.75, 3.05) is 26.4 Å². The molecule has 0 unspecified atom stereocenters. The number of phenols is 1. The van der Waals surface area contributed by atoms with Gasteiger partial charge in [-0.05, 0) is 130 Å². The zero-order valence-electron chi connectivity index (χ0n) is 34.6. The maximum atomic E-state index is 14.6. The first-order valence-corrected chi connectivity index (χ1v) is 21.2. The number of pyridine rings is 1. The number of nitrogens with one attached hydrogen (secondary N) is 1. The number of aliphatic hydroxyl groups excluding tert-OH is 1. The van der Waals surface area contributed by atoms with Crippen LogP contribution in [0, 0.1) is 53.3 Å². The number of hydrogen-bond donors (Lipinski definition) is 4. The van der Waals surface area contributed by atoms with Crippen molar-refractivity contribution in [3.05, 3.63) is 101 Å². The number of aromatic nitrogens is 1. The van der Waals surface area contributed by atoms with Gasteiger partial charge in [0, 0.05) is 24.5 Å². The molecular weight excluding hydrogens is 725 g/mol. The first-order chi connectivity index (χ1) is 28.1. The number of ether oxygens (including phenoxy) is 1. The molecule has 3 aromatic rings. The molecule has 306 valence electrons. The molecule has 2 aromatic carbocycles. The third-order valence-corrected chi connectivity index (χ3v) is 12.6. The van der Waals surface area contributed by atoms with E-state index in [-0.39, 0.29) is 53.8 Å². The molecule has 0 spiro atoms. The number of fused-ring (bicyclic) bond motifs is 2. The summed E-state index contributed by atoms with van der Waals surface area (Å²) >= 11 is 0. The van der Waals surface area contributed by atoms with Crippen molar-refractivity contribution in [3.8, 4) is 23.3 Å². The van der Waals surface area contributed by atoms with Gasteiger partial charge >= 0.3 is 0 Å². The predicted octanol–water partition coefficient (Wildman–Crippen LogP) is 7.83. The number of hydrogen-bond acceptors (Lipinski definition) is 9. The fourth-order valence-corrected chi connectivity index (χ4v) is 9.53. The SMILES string of the molecule is CCC[C@@H]([C@H]1C[C@H](Cc2ccnc(N)c2)C[C@H]2C#C[C@H](c3ccccc3)c3cc(O)c(OC)cc3CCC(=O)CC(=O)[C@@H]2C1)[C@H](O)CC1=C[C+]([C@H](C)CCNC)C=N1. The van der Waals surface area contributed by atoms with Gasteiger partial charge in [-0.1, -0.05) is 55.5 Å². The van der Waals surface area contributed by atoms with E-state index in [1.807, 2.05) is 55.7 Å². The van der Waals surface area contributed by atoms with E-state index in [9.17, 15) is 19.8 Å². The van der Waals surface area contributed by atoms with Crippen molar-refractivity contribution < 1.29 is 24.5 Å². The molecular formula is C49H61N4O5+. The summed E-state index contributed by atoms with van der Waals surface area (Å²) in [6, 6.07) is 17.4. The van der Waals surface area contributed by atoms with Crippen molar-refractivity contribution in [3.63, 3.8) is 0 Å². The zero-order valence-corrected chi connectivity index (χ0v) is 34.6. The van der Waals surface area contributed by atoms with E-state index in [4.69, 9.17) is 15.5 Å². The lowest BCUT2D eigenvalue weighted by molar-refractivity contribution is -0.130. The summed E-state index contributed by atoms with van der Waals surface area (Å²) in [6.07, 6.45) is 11.5. The number of carbonyl (C=O) groups is 2. The van der Waals surface area contributed by atoms with E-state index in [1.54, 1.807) is 18.3 Å². The van der Waals surface area contributed by atoms with Gasteiger partial charge in [-0.15, -0.1) is 4.99 Å². The van der Waals surface area contributed by atoms with Crippen LogP contribution in [0.15, 0.2) is 77.6 Å². The molecule has 58 heavy (non-hydrogen) atoms. The van der Waals surface area contributed by atoms with Crippen molar-refractivity contribution >= 4 is 23.6 Å². The van der Waals surface area contributed by atoms with Crippen molar-refractivity contribution in [1.29, 1.82) is 0 Å². The van der Waals surface area contributed by atoms with Crippen LogP contribution in [0.25, 0.3) is 0 Å². The molecule has 9 nitrogen and oxygen atoms in total. The van der Waals surface area contributed by atoms with E-state index in [2.05, 4.69) is 42.1 Å². The van der Waals surface area contributed by atoms with Gasteiger partial charge in [0.05, 0.1) is 37.9 Å². The Kier molecular flexibility index (Phi) is 14.9. The van der Waals surface area contributed by atoms with Gasteiger partial charge < -0.3 is 26.0 Å². The Morgan fingerprint density at radius 3 is 2.60 bits per heavy atom. The van der Waals surface area contributed by atoms with Gasteiger partial charge in [-0.2, -0.15) is 0 Å². The molecule has 9 heteroatoms. The van der Waals surface area contributed by atoms with Gasteiger partial charge in [-0.3, -0.25) is 9.59 Å². The molecule has 5 N–H and O–H groups in total. The molecule has 0 bridgehead atoms. The third-order valence-electron chi connectivity index (χ3n) is 12.6. The van der Waals surface area contributed by atoms with Gasteiger partial charge in [0.1, 0.15) is 35.6 Å². The summed E-state index contributed by atoms with van der Waals surface area (Å²) < 4.78 is 5.48. The Balaban J connectivity index is 1.40. The number of phenolic OH excluding ortho intramolecular Hbond substituents is 1. The van der Waals surface area contributed by atoms with Crippen molar-refractivity contribution in [2.45, 2.75) is 96.5 Å². The maximum Gasteiger partial charge on any atom is 0.177 e. The van der Waals surface area contributed by atoms with Crippen LogP contribution in [0.3, 0.4) is 0 Å². The van der Waals surface area contributed by atoms with E-state index in [0.717, 1.165) is 66.6 Å². The highest BCUT2D eigenvalue weighted by atomic mass is 16.5. The minimum absolute atomic E-state index is 0.0152. The lowest BCUT2D eigenvalue weighted by atomic mass is 9.73. The van der Waals surface area contributed by atoms with Crippen LogP contribution < -0.4 is 15.8 Å². The summed E-state index contributed by atoms with van der Waals surface area (Å²) in [7, 11) is 3.47. The highest BCUT2D eigenvalue weighted by Crippen LogP contribution is 2.45. The lowest BCUT2D eigenvalue weighted by Crippen LogP contribution is -2.32. The number of aliphatic hydroxyl groups is 1. The molecule has 6 rings (SSSR count). The third kappa shape index (κ3) is 10.8. The summed E-state index contributed by atoms with van der Waals surface area (Å²) in [5, 5.41) is 26.4. The molecule has 1 fully saturated rings. The second kappa shape index (κ2) is 20.2. The number of aliphatic imine (C=N–C) groups is 1. The fourth-order valence-electron chi connectivity index (χ4n) is 9.53. The van der Waals surface area contributed by atoms with Gasteiger partial charge in [-0.25, -0.2) is 4.98 Å². The number of rotatable bonds is 14. The number of Topliss-reactive ketones (excluding diaryl/α,β-unsaturated/α-hetero) is 2. The first kappa shape index (κ1) is 42.7. The number of ketones is 2. The Morgan fingerprint density at radius 1 is 1.05 bits per heavy atom. The van der Waals surface area contributed by atoms with Crippen LogP contribution in [-0.4, -0.2) is 59.8 Å². The van der Waals surface area contributed by atoms with E-state index in [1.165, 1.54) is 13.0 Å². The smallest absolute Gasteiger partial charge is 0.177 e. The highest BCUT2D eigenvalue weighted by Gasteiger charge is 2.42. The van der Waals surface area contributed by atoms with Crippen LogP contribution in [0.2, 0.25) is 0 Å². The molecule has 0 amide bonds. The highest BCUT2D eigenvalue weighted by molar-refractivity contribution is 6.00. The molecule has 1 aromatic heterocycles. The van der Waals surface area contributed by atoms with Crippen LogP contribution in [0.4, 0.5) is 5.82 Å². The second-order valence-corrected chi connectivity index (χ2v) is 16.8. The normalized spacial score (nSPS) is 23.8. The minimum Gasteiger partial charge on any atom is -0.504 e. The molecule has 2 heterocycles. The number of nitrogens with two attached hydrogens (primary N) is 1. The number of aromatic hydroxyl groups is 1. The summed E-state index contributed by atoms with van der Waals surface area (Å²) in [6.45, 7) is 5.29. The molecule has 1 saturated carbocycles. The van der Waals surface area contributed by atoms with E-state index < -0.39 is 17.9 Å². The number of nitrogen functional groups attached to an aromatic ring is 1. The minimum atomic E-state index is -0.646. The van der Waals surface area contributed by atoms with Gasteiger partial charge in [0.25, 0.3) is 0 Å². The Hall–Kier alpha value is -4.91. The Morgan fingerprint density at radius 2 is 1.86 bits per heavy atom. The number of allylic oxidation sites excluding steroid dienone is 1. The topological polar surface area (TPSA) is 147 Å². The molecule has 3 aliphatic rings. The lowest BCUT2D eigenvalue weighted by Gasteiger charge is -2.32. The molecule has 0 saturated heterocycles. The molecule has 0 radical (unpaired) electrons. The van der Waals surface area contributed by atoms with E-state index in [0.29, 0.717) is 43.2 Å². The largest absolute Gasteiger partial charge is 0.504 e. The number of nitrogens with zero attached hydrogens (tertiary/aromatic N) is 2. The predicted molar refractivity (Wildman–Crippen MR) is 230 cm³/mol. The summed E-state index contributed by atoms with van der Waals surface area (Å²) in [5.74, 6) is 8.36. The zero-order chi connectivity index (χ0) is 41.2. The van der Waals surface area contributed by atoms with Crippen LogP contribution in [-0.2, 0) is 22.4 Å². The number of carbonyl (C=O) groups excluding carboxylic acids is 2. The average molecular weight is 786 g/mol. The number of aryl methyl sites for hydroxylation is 1. The Labute approximate surface area is 345 Å². The monoisotopic (exact) mass is 785 g/mol. The maximum absolute atomic E-state index is 14.6. The van der Waals surface area contributed by atoms with Crippen molar-refractivity contribution in [1.82, 2.24) is 10.3 Å². The number of anilines is 1. The summed E-state index contributed by atoms with van der Waals surface area (Å²) in [5.41, 5.74) is 10.8. The van der Waals surface area contributed by atoms with E-state index >= 15 is 0 Å². The van der Waals surface area contributed by atoms with Crippen molar-refractivity contribution in [2.24, 2.45) is 40.5 Å². The fraction of sp³-hybridized carbons (Fsp3) is 0.490. The average Bonchev–Trinajstić information content (AvgIpc) is 3.60. The number of methoxy groups -OCH3 is 1. The summed E-state index contributed by atoms with van der Waals surface area (Å²) in [4.78, 5) is 37.3. The van der Waals surface area contributed by atoms with Crippen LogP contribution >= 0.6 is 0 Å². The second-order valence-electron chi connectivity index (χ2n) is 16.8. The first-order valence-electron chi connectivity index (χ1n) is 21.2. The quantitative estimate of drug-likeness (QED) is 0.0735. The molecule has 1 aliphatic heterocycles.